The topological polar surface area (TPSA) is 118 Å². The number of ether oxygens (including phenoxy) is 2. The molecule has 0 heterocycles. The summed E-state index contributed by atoms with van der Waals surface area (Å²) in [6.07, 6.45) is 2.25. The molecular formula is C26H26N4O5. The highest BCUT2D eigenvalue weighted by atomic mass is 16.5. The number of aryl methyl sites for hydroxylation is 1. The molecule has 0 spiro atoms. The number of hydrazone groups is 1. The second-order valence-corrected chi connectivity index (χ2v) is 7.35. The van der Waals surface area contributed by atoms with Gasteiger partial charge in [-0.05, 0) is 53.9 Å². The Morgan fingerprint density at radius 3 is 2.34 bits per heavy atom. The van der Waals surface area contributed by atoms with Crippen LogP contribution in [-0.4, -0.2) is 37.7 Å². The normalized spacial score (nSPS) is 10.5. The van der Waals surface area contributed by atoms with Crippen LogP contribution in [0.15, 0.2) is 77.9 Å². The van der Waals surface area contributed by atoms with Crippen LogP contribution in [0.1, 0.15) is 18.1 Å². The summed E-state index contributed by atoms with van der Waals surface area (Å²) in [6, 6.07) is 21.0. The van der Waals surface area contributed by atoms with Crippen LogP contribution >= 0.6 is 0 Å². The molecule has 180 valence electrons. The fraction of sp³-hybridized carbons (Fsp3) is 0.154. The number of methoxy groups -OCH3 is 1. The highest BCUT2D eigenvalue weighted by molar-refractivity contribution is 6.39. The molecule has 3 amide bonds. The molecule has 0 saturated carbocycles. The van der Waals surface area contributed by atoms with Gasteiger partial charge in [0, 0.05) is 17.4 Å². The predicted molar refractivity (Wildman–Crippen MR) is 134 cm³/mol. The summed E-state index contributed by atoms with van der Waals surface area (Å²) in [5, 5.41) is 9.05. The Balaban J connectivity index is 1.47. The van der Waals surface area contributed by atoms with E-state index in [0.717, 1.165) is 12.0 Å². The summed E-state index contributed by atoms with van der Waals surface area (Å²) in [7, 11) is 1.55. The smallest absolute Gasteiger partial charge is 0.329 e. The van der Waals surface area contributed by atoms with E-state index in [-0.39, 0.29) is 12.5 Å². The number of benzene rings is 3. The highest BCUT2D eigenvalue weighted by Gasteiger charge is 2.12. The van der Waals surface area contributed by atoms with E-state index in [2.05, 4.69) is 21.2 Å². The molecule has 9 heteroatoms. The molecular weight excluding hydrogens is 448 g/mol. The van der Waals surface area contributed by atoms with Gasteiger partial charge in [-0.25, -0.2) is 5.43 Å². The molecule has 0 aliphatic rings. The number of nitrogens with zero attached hydrogens (tertiary/aromatic N) is 1. The average Bonchev–Trinajstić information content (AvgIpc) is 2.88. The van der Waals surface area contributed by atoms with Crippen molar-refractivity contribution in [1.29, 1.82) is 0 Å². The first-order valence-corrected chi connectivity index (χ1v) is 10.9. The number of hydrogen-bond donors (Lipinski definition) is 3. The maximum atomic E-state index is 12.2. The van der Waals surface area contributed by atoms with Crippen molar-refractivity contribution in [3.63, 3.8) is 0 Å². The molecule has 3 N–H and O–H groups in total. The summed E-state index contributed by atoms with van der Waals surface area (Å²) in [4.78, 5) is 36.2. The van der Waals surface area contributed by atoms with Gasteiger partial charge in [0.25, 0.3) is 5.91 Å². The minimum atomic E-state index is -0.901. The Morgan fingerprint density at radius 1 is 0.857 bits per heavy atom. The molecule has 0 aliphatic heterocycles. The fourth-order valence-corrected chi connectivity index (χ4v) is 2.96. The van der Waals surface area contributed by atoms with E-state index in [1.54, 1.807) is 67.8 Å². The molecule has 0 aliphatic carbocycles. The van der Waals surface area contributed by atoms with E-state index in [0.29, 0.717) is 28.4 Å². The van der Waals surface area contributed by atoms with E-state index >= 15 is 0 Å². The van der Waals surface area contributed by atoms with Gasteiger partial charge in [0.2, 0.25) is 0 Å². The monoisotopic (exact) mass is 474 g/mol. The molecule has 3 aromatic carbocycles. The zero-order valence-electron chi connectivity index (χ0n) is 19.4. The Kier molecular flexibility index (Phi) is 8.95. The molecule has 0 saturated heterocycles. The van der Waals surface area contributed by atoms with E-state index in [1.807, 2.05) is 19.1 Å². The highest BCUT2D eigenvalue weighted by Crippen LogP contribution is 2.17. The predicted octanol–water partition coefficient (Wildman–Crippen LogP) is 3.36. The SMILES string of the molecule is CCc1ccc(NC(=O)C(=O)N/N=C\c2cccc(OCC(=O)Nc3cccc(OC)c3)c2)cc1. The molecule has 3 aromatic rings. The van der Waals surface area contributed by atoms with Crippen LogP contribution in [0.25, 0.3) is 0 Å². The van der Waals surface area contributed by atoms with Gasteiger partial charge in [0.15, 0.2) is 6.61 Å². The lowest BCUT2D eigenvalue weighted by molar-refractivity contribution is -0.136. The third-order valence-corrected chi connectivity index (χ3v) is 4.79. The summed E-state index contributed by atoms with van der Waals surface area (Å²) < 4.78 is 10.7. The van der Waals surface area contributed by atoms with E-state index < -0.39 is 11.8 Å². The van der Waals surface area contributed by atoms with Crippen molar-refractivity contribution in [2.24, 2.45) is 5.10 Å². The Hall–Kier alpha value is -4.66. The number of rotatable bonds is 9. The number of amides is 3. The van der Waals surface area contributed by atoms with Crippen molar-refractivity contribution in [2.45, 2.75) is 13.3 Å². The number of carbonyl (C=O) groups is 3. The average molecular weight is 475 g/mol. The lowest BCUT2D eigenvalue weighted by Crippen LogP contribution is -2.32. The second-order valence-electron chi connectivity index (χ2n) is 7.35. The van der Waals surface area contributed by atoms with Gasteiger partial charge in [0.1, 0.15) is 11.5 Å². The van der Waals surface area contributed by atoms with Crippen LogP contribution in [-0.2, 0) is 20.8 Å². The van der Waals surface area contributed by atoms with Crippen molar-refractivity contribution >= 4 is 35.3 Å². The lowest BCUT2D eigenvalue weighted by Gasteiger charge is -2.09. The number of carbonyl (C=O) groups excluding carboxylic acids is 3. The number of anilines is 2. The van der Waals surface area contributed by atoms with Crippen molar-refractivity contribution in [2.75, 3.05) is 24.4 Å². The van der Waals surface area contributed by atoms with Gasteiger partial charge in [-0.3, -0.25) is 14.4 Å². The molecule has 0 radical (unpaired) electrons. The van der Waals surface area contributed by atoms with Crippen molar-refractivity contribution in [3.05, 3.63) is 83.9 Å². The molecule has 0 fully saturated rings. The van der Waals surface area contributed by atoms with Crippen molar-refractivity contribution in [3.8, 4) is 11.5 Å². The van der Waals surface area contributed by atoms with Crippen LogP contribution < -0.4 is 25.5 Å². The van der Waals surface area contributed by atoms with E-state index in [1.165, 1.54) is 6.21 Å². The zero-order chi connectivity index (χ0) is 25.0. The van der Waals surface area contributed by atoms with Crippen molar-refractivity contribution < 1.29 is 23.9 Å². The molecule has 0 aromatic heterocycles. The standard InChI is InChI=1S/C26H26N4O5/c1-3-18-10-12-20(13-11-18)29-25(32)26(33)30-27-16-19-6-4-9-23(14-19)35-17-24(31)28-21-7-5-8-22(15-21)34-2/h4-16H,3,17H2,1-2H3,(H,28,31)(H,29,32)(H,30,33)/b27-16-. The maximum Gasteiger partial charge on any atom is 0.329 e. The molecule has 3 rings (SSSR count). The van der Waals surface area contributed by atoms with E-state index in [9.17, 15) is 14.4 Å². The summed E-state index contributed by atoms with van der Waals surface area (Å²) in [6.45, 7) is 1.83. The Morgan fingerprint density at radius 2 is 1.60 bits per heavy atom. The fourth-order valence-electron chi connectivity index (χ4n) is 2.96. The first-order chi connectivity index (χ1) is 17.0. The summed E-state index contributed by atoms with van der Waals surface area (Å²) >= 11 is 0. The minimum Gasteiger partial charge on any atom is -0.497 e. The lowest BCUT2D eigenvalue weighted by atomic mass is 10.1. The van der Waals surface area contributed by atoms with Crippen LogP contribution in [0.3, 0.4) is 0 Å². The first-order valence-electron chi connectivity index (χ1n) is 10.9. The Bertz CT molecular complexity index is 1210. The minimum absolute atomic E-state index is 0.200. The quantitative estimate of drug-likeness (QED) is 0.250. The third kappa shape index (κ3) is 8.01. The van der Waals surface area contributed by atoms with Crippen LogP contribution in [0.2, 0.25) is 0 Å². The van der Waals surface area contributed by atoms with Gasteiger partial charge in [0.05, 0.1) is 13.3 Å². The summed E-state index contributed by atoms with van der Waals surface area (Å²) in [5.74, 6) is -0.992. The summed E-state index contributed by atoms with van der Waals surface area (Å²) in [5.41, 5.74) is 5.03. The molecule has 0 bridgehead atoms. The largest absolute Gasteiger partial charge is 0.497 e. The first kappa shape index (κ1) is 25.0. The van der Waals surface area contributed by atoms with Gasteiger partial charge in [-0.2, -0.15) is 5.10 Å². The Labute approximate surface area is 203 Å². The van der Waals surface area contributed by atoms with Gasteiger partial charge < -0.3 is 20.1 Å². The maximum absolute atomic E-state index is 12.2. The van der Waals surface area contributed by atoms with Crippen LogP contribution in [0, 0.1) is 0 Å². The van der Waals surface area contributed by atoms with E-state index in [4.69, 9.17) is 9.47 Å². The van der Waals surface area contributed by atoms with Crippen LogP contribution in [0.5, 0.6) is 11.5 Å². The third-order valence-electron chi connectivity index (χ3n) is 4.79. The molecule has 9 nitrogen and oxygen atoms in total. The van der Waals surface area contributed by atoms with Gasteiger partial charge in [-0.1, -0.05) is 37.3 Å². The van der Waals surface area contributed by atoms with Gasteiger partial charge in [-0.15, -0.1) is 0 Å². The molecule has 0 atom stereocenters. The number of nitrogens with one attached hydrogen (secondary N) is 3. The zero-order valence-corrected chi connectivity index (χ0v) is 19.4. The van der Waals surface area contributed by atoms with Crippen LogP contribution in [0.4, 0.5) is 11.4 Å². The second kappa shape index (κ2) is 12.5. The number of hydrogen-bond acceptors (Lipinski definition) is 6. The van der Waals surface area contributed by atoms with Gasteiger partial charge >= 0.3 is 11.8 Å². The van der Waals surface area contributed by atoms with Crippen molar-refractivity contribution in [1.82, 2.24) is 5.43 Å². The molecule has 0 unspecified atom stereocenters. The molecule has 35 heavy (non-hydrogen) atoms.